The molecular formula is C12H17N3O3. The van der Waals surface area contributed by atoms with Crippen molar-refractivity contribution >= 4 is 17.4 Å². The van der Waals surface area contributed by atoms with E-state index in [1.807, 2.05) is 0 Å². The van der Waals surface area contributed by atoms with Crippen molar-refractivity contribution in [2.24, 2.45) is 17.5 Å². The number of rotatable bonds is 5. The van der Waals surface area contributed by atoms with Crippen LogP contribution in [0.15, 0.2) is 24.3 Å². The molecule has 98 valence electrons. The number of Topliss-reactive ketones (excluding diaryl/α,β-unsaturated/α-hetero) is 1. The first-order valence-electron chi connectivity index (χ1n) is 5.49. The summed E-state index contributed by atoms with van der Waals surface area (Å²) in [6.07, 6.45) is 0.0849. The molecule has 0 amide bonds. The van der Waals surface area contributed by atoms with Crippen molar-refractivity contribution in [3.8, 4) is 0 Å². The molecule has 0 bridgehead atoms. The van der Waals surface area contributed by atoms with Crippen molar-refractivity contribution in [1.82, 2.24) is 0 Å². The summed E-state index contributed by atoms with van der Waals surface area (Å²) in [6, 6.07) is 6.16. The molecule has 1 unspecified atom stereocenters. The maximum absolute atomic E-state index is 12.0. The van der Waals surface area contributed by atoms with Crippen LogP contribution in [0.1, 0.15) is 12.5 Å². The molecule has 0 aliphatic carbocycles. The summed E-state index contributed by atoms with van der Waals surface area (Å²) in [5.41, 5.74) is 12.5. The Morgan fingerprint density at radius 3 is 2.28 bits per heavy atom. The van der Waals surface area contributed by atoms with E-state index in [9.17, 15) is 9.59 Å². The van der Waals surface area contributed by atoms with Gasteiger partial charge in [-0.15, -0.1) is 0 Å². The first-order valence-corrected chi connectivity index (χ1v) is 5.49. The number of benzene rings is 1. The van der Waals surface area contributed by atoms with Gasteiger partial charge in [-0.2, -0.15) is 5.90 Å². The lowest BCUT2D eigenvalue weighted by atomic mass is 9.92. The predicted octanol–water partition coefficient (Wildman–Crippen LogP) is -0.239. The first kappa shape index (κ1) is 14.1. The minimum Gasteiger partial charge on any atom is -0.399 e. The Morgan fingerprint density at radius 1 is 1.28 bits per heavy atom. The molecule has 6 heteroatoms. The Kier molecular flexibility index (Phi) is 4.82. The third-order valence-electron chi connectivity index (χ3n) is 2.60. The van der Waals surface area contributed by atoms with Crippen LogP contribution < -0.4 is 17.4 Å². The van der Waals surface area contributed by atoms with E-state index in [0.29, 0.717) is 5.69 Å². The van der Waals surface area contributed by atoms with Crippen LogP contribution in [-0.2, 0) is 20.8 Å². The number of nitrogens with two attached hydrogens (primary N) is 3. The number of carbonyl (C=O) groups is 2. The van der Waals surface area contributed by atoms with Crippen LogP contribution in [0, 0.1) is 5.92 Å². The molecule has 0 saturated carbocycles. The molecule has 0 heterocycles. The van der Waals surface area contributed by atoms with E-state index >= 15 is 0 Å². The molecule has 1 aromatic rings. The lowest BCUT2D eigenvalue weighted by Crippen LogP contribution is -2.41. The molecule has 0 saturated heterocycles. The van der Waals surface area contributed by atoms with Gasteiger partial charge < -0.3 is 16.3 Å². The van der Waals surface area contributed by atoms with Crippen molar-refractivity contribution in [1.29, 1.82) is 0 Å². The molecule has 1 aromatic carbocycles. The zero-order valence-corrected chi connectivity index (χ0v) is 10.1. The minimum absolute atomic E-state index is 0.0849. The Labute approximate surface area is 105 Å². The summed E-state index contributed by atoms with van der Waals surface area (Å²) >= 11 is 0. The highest BCUT2D eigenvalue weighted by atomic mass is 16.7. The van der Waals surface area contributed by atoms with Crippen molar-refractivity contribution in [2.75, 3.05) is 5.73 Å². The summed E-state index contributed by atoms with van der Waals surface area (Å²) in [5, 5.41) is 0. The van der Waals surface area contributed by atoms with Crippen LogP contribution in [0.4, 0.5) is 5.69 Å². The second-order valence-corrected chi connectivity index (χ2v) is 4.16. The van der Waals surface area contributed by atoms with Crippen LogP contribution in [0.25, 0.3) is 0 Å². The van der Waals surface area contributed by atoms with Gasteiger partial charge in [0.15, 0.2) is 5.78 Å². The minimum atomic E-state index is -1.05. The third kappa shape index (κ3) is 3.54. The monoisotopic (exact) mass is 251 g/mol. The summed E-state index contributed by atoms with van der Waals surface area (Å²) in [7, 11) is 0. The van der Waals surface area contributed by atoms with Crippen molar-refractivity contribution in [3.05, 3.63) is 29.8 Å². The molecule has 0 fully saturated rings. The molecular weight excluding hydrogens is 234 g/mol. The smallest absolute Gasteiger partial charge is 0.336 e. The van der Waals surface area contributed by atoms with Gasteiger partial charge in [-0.05, 0) is 24.6 Å². The number of ketones is 1. The molecule has 0 radical (unpaired) electrons. The zero-order valence-electron chi connectivity index (χ0n) is 10.1. The van der Waals surface area contributed by atoms with Crippen LogP contribution in [-0.4, -0.2) is 17.8 Å². The summed E-state index contributed by atoms with van der Waals surface area (Å²) in [4.78, 5) is 27.4. The maximum atomic E-state index is 12.0. The van der Waals surface area contributed by atoms with Gasteiger partial charge in [-0.25, -0.2) is 4.79 Å². The standard InChI is InChI=1S/C12H17N3O3/c1-7(13)11(12(17)18-15)10(16)6-8-2-4-9(14)5-3-8/h2-5,7,11H,6,13-15H2,1H3/t7-,11?/m1/s1. The highest BCUT2D eigenvalue weighted by Gasteiger charge is 2.31. The Balaban J connectivity index is 2.79. The third-order valence-corrected chi connectivity index (χ3v) is 2.60. The molecule has 1 rings (SSSR count). The maximum Gasteiger partial charge on any atom is 0.336 e. The van der Waals surface area contributed by atoms with Crippen LogP contribution >= 0.6 is 0 Å². The number of carbonyl (C=O) groups excluding carboxylic acids is 2. The second-order valence-electron chi connectivity index (χ2n) is 4.16. The molecule has 6 N–H and O–H groups in total. The van der Waals surface area contributed by atoms with E-state index in [-0.39, 0.29) is 12.2 Å². The quantitative estimate of drug-likeness (QED) is 0.377. The van der Waals surface area contributed by atoms with Gasteiger partial charge in [0.25, 0.3) is 0 Å². The van der Waals surface area contributed by atoms with Crippen molar-refractivity contribution in [2.45, 2.75) is 19.4 Å². The van der Waals surface area contributed by atoms with E-state index in [1.54, 1.807) is 31.2 Å². The largest absolute Gasteiger partial charge is 0.399 e. The highest BCUT2D eigenvalue weighted by molar-refractivity contribution is 6.00. The predicted molar refractivity (Wildman–Crippen MR) is 67.0 cm³/mol. The summed E-state index contributed by atoms with van der Waals surface area (Å²) in [6.45, 7) is 1.56. The van der Waals surface area contributed by atoms with E-state index in [4.69, 9.17) is 17.4 Å². The van der Waals surface area contributed by atoms with E-state index in [1.165, 1.54) is 0 Å². The molecule has 0 spiro atoms. The van der Waals surface area contributed by atoms with Gasteiger partial charge in [0.2, 0.25) is 0 Å². The Hall–Kier alpha value is -1.92. The molecule has 0 aliphatic heterocycles. The molecule has 0 aromatic heterocycles. The second kappa shape index (κ2) is 6.13. The fourth-order valence-corrected chi connectivity index (χ4v) is 1.66. The van der Waals surface area contributed by atoms with E-state index < -0.39 is 17.9 Å². The first-order chi connectivity index (χ1) is 8.45. The van der Waals surface area contributed by atoms with Gasteiger partial charge in [0.1, 0.15) is 5.92 Å². The Morgan fingerprint density at radius 2 is 1.83 bits per heavy atom. The lowest BCUT2D eigenvalue weighted by molar-refractivity contribution is -0.153. The van der Waals surface area contributed by atoms with Gasteiger partial charge >= 0.3 is 5.97 Å². The number of hydrogen-bond donors (Lipinski definition) is 3. The van der Waals surface area contributed by atoms with Crippen LogP contribution in [0.5, 0.6) is 0 Å². The number of hydrogen-bond acceptors (Lipinski definition) is 6. The van der Waals surface area contributed by atoms with Gasteiger partial charge in [-0.1, -0.05) is 12.1 Å². The van der Waals surface area contributed by atoms with Gasteiger partial charge in [-0.3, -0.25) is 4.79 Å². The van der Waals surface area contributed by atoms with Gasteiger partial charge in [0.05, 0.1) is 0 Å². The topological polar surface area (TPSA) is 121 Å². The molecule has 6 nitrogen and oxygen atoms in total. The highest BCUT2D eigenvalue weighted by Crippen LogP contribution is 2.12. The lowest BCUT2D eigenvalue weighted by Gasteiger charge is -2.16. The van der Waals surface area contributed by atoms with E-state index in [0.717, 1.165) is 5.56 Å². The SMILES string of the molecule is C[C@@H](N)C(C(=O)Cc1ccc(N)cc1)C(=O)ON. The molecule has 18 heavy (non-hydrogen) atoms. The van der Waals surface area contributed by atoms with Crippen molar-refractivity contribution < 1.29 is 14.4 Å². The van der Waals surface area contributed by atoms with Crippen LogP contribution in [0.2, 0.25) is 0 Å². The van der Waals surface area contributed by atoms with E-state index in [2.05, 4.69) is 4.84 Å². The zero-order chi connectivity index (χ0) is 13.7. The Bertz CT molecular complexity index is 429. The fraction of sp³-hybridized carbons (Fsp3) is 0.333. The summed E-state index contributed by atoms with van der Waals surface area (Å²) < 4.78 is 0. The normalized spacial score (nSPS) is 13.7. The number of nitrogen functional groups attached to an aromatic ring is 1. The number of anilines is 1. The molecule has 2 atom stereocenters. The van der Waals surface area contributed by atoms with Gasteiger partial charge in [0, 0.05) is 18.2 Å². The average molecular weight is 251 g/mol. The summed E-state index contributed by atoms with van der Waals surface area (Å²) in [5.74, 6) is 2.60. The van der Waals surface area contributed by atoms with Crippen molar-refractivity contribution in [3.63, 3.8) is 0 Å². The average Bonchev–Trinajstić information content (AvgIpc) is 2.31. The molecule has 0 aliphatic rings. The van der Waals surface area contributed by atoms with Crippen LogP contribution in [0.3, 0.4) is 0 Å². The fourth-order valence-electron chi connectivity index (χ4n) is 1.66.